The summed E-state index contributed by atoms with van der Waals surface area (Å²) >= 11 is 0. The summed E-state index contributed by atoms with van der Waals surface area (Å²) in [6.07, 6.45) is -2.46. The second-order valence-corrected chi connectivity index (χ2v) is 9.61. The van der Waals surface area contributed by atoms with Crippen molar-refractivity contribution < 1.29 is 43.9 Å². The summed E-state index contributed by atoms with van der Waals surface area (Å²) < 4.78 is 21.9. The zero-order valence-corrected chi connectivity index (χ0v) is 18.5. The molecule has 3 fully saturated rings. The Morgan fingerprint density at radius 1 is 1.25 bits per heavy atom. The van der Waals surface area contributed by atoms with Gasteiger partial charge in [-0.15, -0.1) is 0 Å². The molecule has 2 saturated heterocycles. The van der Waals surface area contributed by atoms with Crippen molar-refractivity contribution in [2.24, 2.45) is 11.3 Å². The fourth-order valence-corrected chi connectivity index (χ4v) is 5.54. The minimum Gasteiger partial charge on any atom is -0.463 e. The molecule has 9 nitrogen and oxygen atoms in total. The molecule has 178 valence electrons. The van der Waals surface area contributed by atoms with Crippen molar-refractivity contribution in [2.75, 3.05) is 13.2 Å². The van der Waals surface area contributed by atoms with Gasteiger partial charge in [0.25, 0.3) is 0 Å². The minimum absolute atomic E-state index is 0.0275. The third kappa shape index (κ3) is 4.24. The molecule has 2 heterocycles. The van der Waals surface area contributed by atoms with Crippen molar-refractivity contribution >= 4 is 11.9 Å². The number of fused-ring (bicyclic) bond motifs is 2. The number of hydrogen-bond acceptors (Lipinski definition) is 9. The molecule has 4 rings (SSSR count). The predicted molar refractivity (Wildman–Crippen MR) is 110 cm³/mol. The van der Waals surface area contributed by atoms with Gasteiger partial charge < -0.3 is 34.3 Å². The van der Waals surface area contributed by atoms with Crippen molar-refractivity contribution in [1.82, 2.24) is 0 Å². The molecule has 0 bridgehead atoms. The number of rotatable bonds is 5. The van der Waals surface area contributed by atoms with Crippen LogP contribution >= 0.6 is 0 Å². The summed E-state index contributed by atoms with van der Waals surface area (Å²) in [5, 5.41) is 30.7. The van der Waals surface area contributed by atoms with Crippen LogP contribution in [0, 0.1) is 11.3 Å². The molecular weight excluding hydrogens is 420 g/mol. The first-order chi connectivity index (χ1) is 15.1. The van der Waals surface area contributed by atoms with Gasteiger partial charge >= 0.3 is 11.9 Å². The summed E-state index contributed by atoms with van der Waals surface area (Å²) in [7, 11) is 0. The number of aliphatic hydroxyl groups excluding tert-OH is 3. The zero-order chi connectivity index (χ0) is 23.2. The van der Waals surface area contributed by atoms with E-state index in [-0.39, 0.29) is 36.6 Å². The third-order valence-electron chi connectivity index (χ3n) is 7.40. The van der Waals surface area contributed by atoms with Crippen LogP contribution < -0.4 is 0 Å². The average Bonchev–Trinajstić information content (AvgIpc) is 3.01. The van der Waals surface area contributed by atoms with Crippen LogP contribution in [0.5, 0.6) is 0 Å². The quantitative estimate of drug-likeness (QED) is 0.314. The molecule has 0 aromatic carbocycles. The first kappa shape index (κ1) is 23.4. The van der Waals surface area contributed by atoms with E-state index in [1.807, 2.05) is 0 Å². The van der Waals surface area contributed by atoms with E-state index in [9.17, 15) is 24.9 Å². The van der Waals surface area contributed by atoms with Crippen LogP contribution in [0.4, 0.5) is 0 Å². The molecule has 32 heavy (non-hydrogen) atoms. The van der Waals surface area contributed by atoms with Gasteiger partial charge in [0, 0.05) is 18.4 Å². The number of ether oxygens (including phenoxy) is 4. The molecule has 0 amide bonds. The number of carbonyl (C=O) groups is 2. The molecule has 0 radical (unpaired) electrons. The van der Waals surface area contributed by atoms with Gasteiger partial charge in [-0.3, -0.25) is 4.79 Å². The molecule has 0 aromatic heterocycles. The Balaban J connectivity index is 1.48. The summed E-state index contributed by atoms with van der Waals surface area (Å²) in [6, 6.07) is 0. The maximum atomic E-state index is 12.0. The Morgan fingerprint density at radius 3 is 2.72 bits per heavy atom. The molecule has 0 aromatic rings. The van der Waals surface area contributed by atoms with E-state index >= 15 is 0 Å². The Morgan fingerprint density at radius 2 is 2.00 bits per heavy atom. The van der Waals surface area contributed by atoms with E-state index in [1.54, 1.807) is 0 Å². The number of allylic oxidation sites excluding steroid dienone is 1. The van der Waals surface area contributed by atoms with E-state index in [0.29, 0.717) is 12.0 Å². The number of aliphatic hydroxyl groups is 3. The van der Waals surface area contributed by atoms with Crippen molar-refractivity contribution in [1.29, 1.82) is 0 Å². The van der Waals surface area contributed by atoms with Crippen molar-refractivity contribution in [3.8, 4) is 0 Å². The Bertz CT molecular complexity index is 820. The molecule has 8 atom stereocenters. The lowest BCUT2D eigenvalue weighted by Gasteiger charge is -2.46. The Labute approximate surface area is 187 Å². The third-order valence-corrected chi connectivity index (χ3v) is 7.40. The lowest BCUT2D eigenvalue weighted by atomic mass is 9.60. The molecule has 0 spiro atoms. The van der Waals surface area contributed by atoms with Crippen molar-refractivity contribution in [3.05, 3.63) is 23.3 Å². The van der Waals surface area contributed by atoms with Gasteiger partial charge in [0.1, 0.15) is 37.1 Å². The van der Waals surface area contributed by atoms with E-state index < -0.39 is 36.7 Å². The summed E-state index contributed by atoms with van der Waals surface area (Å²) in [5.41, 5.74) is 2.76. The first-order valence-electron chi connectivity index (χ1n) is 11.2. The van der Waals surface area contributed by atoms with Crippen molar-refractivity contribution in [2.45, 2.75) is 82.8 Å². The lowest BCUT2D eigenvalue weighted by Crippen LogP contribution is -2.59. The first-order valence-corrected chi connectivity index (χ1v) is 11.2. The monoisotopic (exact) mass is 452 g/mol. The second kappa shape index (κ2) is 8.87. The molecule has 2 aliphatic heterocycles. The predicted octanol–water partition coefficient (Wildman–Crippen LogP) is 0.752. The van der Waals surface area contributed by atoms with Crippen LogP contribution in [-0.4, -0.2) is 77.3 Å². The normalized spacial score (nSPS) is 41.7. The SMILES string of the molecule is C=C1C(=O)O[C@@H]2C[C@@]3(C)CCCC(CO[C@@H]4O[C@H](COC(C)=O)[C@@H](O)[C@H](O)[C@H]4O)=C3C[C@H]12. The van der Waals surface area contributed by atoms with Gasteiger partial charge in [0.2, 0.25) is 0 Å². The Kier molecular flexibility index (Phi) is 6.48. The summed E-state index contributed by atoms with van der Waals surface area (Å²) in [6.45, 7) is 7.27. The smallest absolute Gasteiger partial charge is 0.334 e. The molecule has 1 saturated carbocycles. The minimum atomic E-state index is -1.50. The molecule has 4 aliphatic rings. The van der Waals surface area contributed by atoms with Crippen LogP contribution in [-0.2, 0) is 28.5 Å². The highest BCUT2D eigenvalue weighted by molar-refractivity contribution is 5.91. The Hall–Kier alpha value is -1.78. The van der Waals surface area contributed by atoms with E-state index in [4.69, 9.17) is 18.9 Å². The van der Waals surface area contributed by atoms with Gasteiger partial charge in [-0.25, -0.2) is 4.79 Å². The van der Waals surface area contributed by atoms with E-state index in [0.717, 1.165) is 31.3 Å². The fraction of sp³-hybridized carbons (Fsp3) is 0.739. The maximum Gasteiger partial charge on any atom is 0.334 e. The summed E-state index contributed by atoms with van der Waals surface area (Å²) in [5.74, 6) is -0.884. The highest BCUT2D eigenvalue weighted by atomic mass is 16.7. The topological polar surface area (TPSA) is 132 Å². The molecule has 0 unspecified atom stereocenters. The lowest BCUT2D eigenvalue weighted by molar-refractivity contribution is -0.299. The van der Waals surface area contributed by atoms with Crippen LogP contribution in [0.15, 0.2) is 23.3 Å². The molecular formula is C23H32O9. The standard InChI is InChI=1S/C23H32O9/c1-11-14-7-15-13(5-4-6-23(15,3)8-16(14)31-21(11)28)9-30-22-20(27)19(26)18(25)17(32-22)10-29-12(2)24/h14,16-20,22,25-27H,1,4-10H2,2-3H3/t14-,16-,17-,18-,19+,20-,22-,23-/m1/s1. The van der Waals surface area contributed by atoms with Crippen LogP contribution in [0.3, 0.4) is 0 Å². The maximum absolute atomic E-state index is 12.0. The highest BCUT2D eigenvalue weighted by Crippen LogP contribution is 2.54. The van der Waals surface area contributed by atoms with Crippen LogP contribution in [0.1, 0.15) is 46.0 Å². The van der Waals surface area contributed by atoms with Gasteiger partial charge in [0.15, 0.2) is 6.29 Å². The van der Waals surface area contributed by atoms with Crippen molar-refractivity contribution in [3.63, 3.8) is 0 Å². The van der Waals surface area contributed by atoms with Crippen LogP contribution in [0.25, 0.3) is 0 Å². The number of hydrogen-bond donors (Lipinski definition) is 3. The van der Waals surface area contributed by atoms with E-state index in [1.165, 1.54) is 12.5 Å². The van der Waals surface area contributed by atoms with E-state index in [2.05, 4.69) is 13.5 Å². The average molecular weight is 453 g/mol. The van der Waals surface area contributed by atoms with Crippen LogP contribution in [0.2, 0.25) is 0 Å². The highest BCUT2D eigenvalue weighted by Gasteiger charge is 2.50. The second-order valence-electron chi connectivity index (χ2n) is 9.61. The summed E-state index contributed by atoms with van der Waals surface area (Å²) in [4.78, 5) is 23.1. The van der Waals surface area contributed by atoms with Gasteiger partial charge in [-0.2, -0.15) is 0 Å². The van der Waals surface area contributed by atoms with Gasteiger partial charge in [-0.1, -0.05) is 19.1 Å². The van der Waals surface area contributed by atoms with Gasteiger partial charge in [0.05, 0.1) is 6.61 Å². The molecule has 2 aliphatic carbocycles. The zero-order valence-electron chi connectivity index (χ0n) is 18.5. The molecule has 3 N–H and O–H groups in total. The fourth-order valence-electron chi connectivity index (χ4n) is 5.54. The number of carbonyl (C=O) groups excluding carboxylic acids is 2. The molecule has 9 heteroatoms. The number of esters is 2. The van der Waals surface area contributed by atoms with Gasteiger partial charge in [-0.05, 0) is 43.1 Å². The largest absolute Gasteiger partial charge is 0.463 e.